The minimum absolute atomic E-state index is 0.0285. The number of carbonyl (C=O) groups excluding carboxylic acids is 4. The van der Waals surface area contributed by atoms with Gasteiger partial charge in [0.2, 0.25) is 0 Å². The van der Waals surface area contributed by atoms with E-state index in [1.807, 2.05) is 54.7 Å². The van der Waals surface area contributed by atoms with Crippen molar-refractivity contribution in [3.05, 3.63) is 113 Å². The number of aromatic nitrogens is 1. The second-order valence-corrected chi connectivity index (χ2v) is 22.7. The molecule has 0 saturated carbocycles. The number of nitrogens with zero attached hydrogens (tertiary/aromatic N) is 5. The quantitative estimate of drug-likeness (QED) is 0.0484. The molecule has 3 amide bonds. The van der Waals surface area contributed by atoms with Crippen LogP contribution in [0.5, 0.6) is 28.7 Å². The number of aliphatic hydroxyl groups is 1. The molecule has 19 heteroatoms. The van der Waals surface area contributed by atoms with Gasteiger partial charge in [-0.3, -0.25) is 34.2 Å². The van der Waals surface area contributed by atoms with Gasteiger partial charge < -0.3 is 38.9 Å². The number of allylic oxidation sites excluding steroid dienone is 2. The average molecular weight is 1050 g/mol. The second kappa shape index (κ2) is 22.1. The first kappa shape index (κ1) is 51.0. The fourth-order valence-corrected chi connectivity index (χ4v) is 13.1. The van der Waals surface area contributed by atoms with Crippen LogP contribution in [0.3, 0.4) is 0 Å². The van der Waals surface area contributed by atoms with E-state index >= 15 is 0 Å². The summed E-state index contributed by atoms with van der Waals surface area (Å²) in [6.07, 6.45) is 13.5. The lowest BCUT2D eigenvalue weighted by Crippen LogP contribution is -2.40. The van der Waals surface area contributed by atoms with E-state index in [9.17, 15) is 24.3 Å². The van der Waals surface area contributed by atoms with Crippen molar-refractivity contribution in [2.24, 2.45) is 10.9 Å². The molecular weight excluding hydrogens is 985 g/mol. The van der Waals surface area contributed by atoms with Crippen LogP contribution in [0.15, 0.2) is 90.0 Å². The third-order valence-electron chi connectivity index (χ3n) is 14.0. The van der Waals surface area contributed by atoms with Crippen LogP contribution in [0, 0.1) is 5.92 Å². The predicted octanol–water partition coefficient (Wildman–Crippen LogP) is 8.85. The lowest BCUT2D eigenvalue weighted by Gasteiger charge is -2.32. The molecule has 2 N–H and O–H groups in total. The van der Waals surface area contributed by atoms with Crippen molar-refractivity contribution < 1.29 is 52.8 Å². The molecule has 1 aromatic heterocycles. The van der Waals surface area contributed by atoms with E-state index in [-0.39, 0.29) is 61.3 Å². The molecule has 3 unspecified atom stereocenters. The van der Waals surface area contributed by atoms with Gasteiger partial charge in [0.1, 0.15) is 25.2 Å². The van der Waals surface area contributed by atoms with Crippen molar-refractivity contribution >= 4 is 68.6 Å². The summed E-state index contributed by atoms with van der Waals surface area (Å²) in [6.45, 7) is 5.51. The van der Waals surface area contributed by atoms with Gasteiger partial charge in [0.05, 0.1) is 49.5 Å². The van der Waals surface area contributed by atoms with Gasteiger partial charge >= 0.3 is 5.97 Å². The summed E-state index contributed by atoms with van der Waals surface area (Å²) < 4.78 is 30.9. The number of anilines is 2. The molecule has 10 rings (SSSR count). The number of benzene rings is 3. The van der Waals surface area contributed by atoms with Gasteiger partial charge in [-0.15, -0.1) is 5.06 Å². The van der Waals surface area contributed by atoms with E-state index in [0.717, 1.165) is 41.8 Å². The van der Waals surface area contributed by atoms with Crippen molar-refractivity contribution in [3.8, 4) is 28.7 Å². The maximum Gasteiger partial charge on any atom is 0.333 e. The molecule has 0 spiro atoms. The fraction of sp³-hybridized carbons (Fsp3) is 0.418. The maximum atomic E-state index is 14.1. The largest absolute Gasteiger partial charge is 0.493 e. The number of nitrogens with one attached hydrogen (secondary N) is 1. The number of rotatable bonds is 20. The van der Waals surface area contributed by atoms with Gasteiger partial charge in [-0.05, 0) is 69.2 Å². The molecule has 5 atom stereocenters. The number of hydroxylamine groups is 2. The fourth-order valence-electron chi connectivity index (χ4n) is 10.4. The lowest BCUT2D eigenvalue weighted by molar-refractivity contribution is -0.197. The Morgan fingerprint density at radius 2 is 1.61 bits per heavy atom. The Bertz CT molecular complexity index is 2900. The average Bonchev–Trinajstić information content (AvgIpc) is 4.02. The summed E-state index contributed by atoms with van der Waals surface area (Å²) in [6, 6.07) is 18.8. The van der Waals surface area contributed by atoms with E-state index < -0.39 is 24.0 Å². The van der Waals surface area contributed by atoms with Crippen molar-refractivity contribution in [1.82, 2.24) is 14.9 Å². The van der Waals surface area contributed by atoms with Crippen molar-refractivity contribution in [2.75, 3.05) is 43.3 Å². The number of imide groups is 1. The van der Waals surface area contributed by atoms with E-state index in [1.165, 1.54) is 7.11 Å². The summed E-state index contributed by atoms with van der Waals surface area (Å²) in [7, 11) is 6.51. The van der Waals surface area contributed by atoms with Gasteiger partial charge in [0, 0.05) is 102 Å². The Morgan fingerprint density at radius 3 is 2.38 bits per heavy atom. The highest BCUT2D eigenvalue weighted by Gasteiger charge is 2.45. The molecule has 2 fully saturated rings. The number of hydrogen-bond acceptors (Lipinski definition) is 17. The molecular formula is C55H60N6O11S2. The highest BCUT2D eigenvalue weighted by Crippen LogP contribution is 2.46. The zero-order chi connectivity index (χ0) is 51.5. The van der Waals surface area contributed by atoms with Crippen LogP contribution in [0.4, 0.5) is 17.1 Å². The normalized spacial score (nSPS) is 21.4. The Morgan fingerprint density at radius 1 is 0.878 bits per heavy atom. The van der Waals surface area contributed by atoms with E-state index in [1.54, 1.807) is 45.7 Å². The second-order valence-electron chi connectivity index (χ2n) is 19.6. The molecule has 5 aliphatic heterocycles. The van der Waals surface area contributed by atoms with Gasteiger partial charge in [-0.2, -0.15) is 0 Å². The molecule has 0 radical (unpaired) electrons. The molecule has 1 aliphatic carbocycles. The first-order valence-corrected chi connectivity index (χ1v) is 27.4. The van der Waals surface area contributed by atoms with Gasteiger partial charge in [-0.25, -0.2) is 4.79 Å². The summed E-state index contributed by atoms with van der Waals surface area (Å²) in [5, 5.41) is 16.0. The number of hydrogen-bond donors (Lipinski definition) is 2. The topological polar surface area (TPSA) is 191 Å². The number of methoxy groups -OCH3 is 2. The van der Waals surface area contributed by atoms with E-state index in [4.69, 9.17) is 38.5 Å². The minimum atomic E-state index is -0.841. The number of para-hydroxylation sites is 1. The number of fused-ring (bicyclic) bond motifs is 8. The third kappa shape index (κ3) is 11.0. The SMILES string of the molecule is COc1cc2c(cc1OCc1cc(OCCCC(C)(C)SSCCCC(=O)ON3C(=O)CCC3=O)cc(COc3cc4c(cc3OC)C(O)N3C5C=CC=CC5C[C@H]3CN4)n1)N=C[C@@H]1Cc3ccccc3N1C2=O. The lowest BCUT2D eigenvalue weighted by atomic mass is 9.94. The maximum absolute atomic E-state index is 14.1. The molecule has 6 aliphatic rings. The molecule has 6 heterocycles. The summed E-state index contributed by atoms with van der Waals surface area (Å²) in [4.78, 5) is 68.6. The van der Waals surface area contributed by atoms with Crippen molar-refractivity contribution in [2.45, 2.75) is 108 Å². The number of aliphatic hydroxyl groups excluding tert-OH is 1. The summed E-state index contributed by atoms with van der Waals surface area (Å²) in [5.41, 5.74) is 5.51. The van der Waals surface area contributed by atoms with Gasteiger partial charge in [-0.1, -0.05) is 64.1 Å². The van der Waals surface area contributed by atoms with Crippen LogP contribution in [-0.2, 0) is 38.9 Å². The molecule has 4 aromatic rings. The molecule has 2 saturated heterocycles. The Balaban J connectivity index is 0.814. The Kier molecular flexibility index (Phi) is 15.2. The van der Waals surface area contributed by atoms with Crippen LogP contribution < -0.4 is 33.9 Å². The number of ether oxygens (including phenoxy) is 5. The van der Waals surface area contributed by atoms with Crippen molar-refractivity contribution in [3.63, 3.8) is 0 Å². The first-order chi connectivity index (χ1) is 35.9. The minimum Gasteiger partial charge on any atom is -0.493 e. The van der Waals surface area contributed by atoms with E-state index in [2.05, 4.69) is 48.4 Å². The smallest absolute Gasteiger partial charge is 0.333 e. The molecule has 74 heavy (non-hydrogen) atoms. The van der Waals surface area contributed by atoms with E-state index in [0.29, 0.717) is 94.1 Å². The summed E-state index contributed by atoms with van der Waals surface area (Å²) in [5.74, 6) is 1.63. The highest BCUT2D eigenvalue weighted by atomic mass is 33.1. The highest BCUT2D eigenvalue weighted by molar-refractivity contribution is 8.77. The predicted molar refractivity (Wildman–Crippen MR) is 282 cm³/mol. The first-order valence-electron chi connectivity index (χ1n) is 25.1. The Labute approximate surface area is 438 Å². The van der Waals surface area contributed by atoms with Crippen LogP contribution in [0.2, 0.25) is 0 Å². The molecule has 0 bridgehead atoms. The van der Waals surface area contributed by atoms with Crippen LogP contribution in [0.1, 0.15) is 97.9 Å². The number of amides is 3. The number of pyridine rings is 1. The van der Waals surface area contributed by atoms with Crippen LogP contribution in [-0.4, -0.2) is 106 Å². The molecule has 388 valence electrons. The zero-order valence-corrected chi connectivity index (χ0v) is 43.5. The third-order valence-corrected chi connectivity index (χ3v) is 17.5. The van der Waals surface area contributed by atoms with Crippen LogP contribution >= 0.6 is 21.6 Å². The standard InChI is InChI=1S/C55H60N6O11S2/c1-55(2,74-73-20-9-15-52(64)72-61-50(62)16-17-51(61)63)18-10-19-69-39-23-35(31-70-48-27-42-40(25-46(48)67-3)53(65)59-37(29-56-42)21-33-11-5-7-13-44(33)59)58-36(24-39)32-71-49-28-43-41(26-47(49)68-4)54(66)60-38(30-57-43)22-34-12-6-8-14-45(34)60/h5-8,11-14,23-29,34,37-38,45,54,57,66H,9-10,15-22,30-32H2,1-4H3/t34?,37-,38-,45?,54?/m0/s1. The monoisotopic (exact) mass is 1040 g/mol. The Hall–Kier alpha value is -6.54. The zero-order valence-electron chi connectivity index (χ0n) is 41.8. The van der Waals surface area contributed by atoms with Gasteiger partial charge in [0.15, 0.2) is 23.0 Å². The number of carbonyl (C=O) groups is 4. The number of aliphatic imine (C=N–C) groups is 1. The summed E-state index contributed by atoms with van der Waals surface area (Å²) >= 11 is 0. The molecule has 3 aromatic carbocycles. The van der Waals surface area contributed by atoms with Gasteiger partial charge in [0.25, 0.3) is 17.7 Å². The molecule has 17 nitrogen and oxygen atoms in total. The van der Waals surface area contributed by atoms with Crippen LogP contribution in [0.25, 0.3) is 0 Å². The van der Waals surface area contributed by atoms with Crippen molar-refractivity contribution in [1.29, 1.82) is 0 Å².